The molecule has 0 radical (unpaired) electrons. The molecule has 2 unspecified atom stereocenters. The first-order chi connectivity index (χ1) is 7.23. The van der Waals surface area contributed by atoms with Gasteiger partial charge in [-0.25, -0.2) is 4.79 Å². The summed E-state index contributed by atoms with van der Waals surface area (Å²) in [5, 5.41) is 10.6. The minimum atomic E-state index is -5.11. The molecule has 2 atom stereocenters. The van der Waals surface area contributed by atoms with E-state index in [1.165, 1.54) is 12.2 Å². The zero-order valence-corrected chi connectivity index (χ0v) is 8.67. The first kappa shape index (κ1) is 14.7. The van der Waals surface area contributed by atoms with Gasteiger partial charge in [0.2, 0.25) is 0 Å². The van der Waals surface area contributed by atoms with Gasteiger partial charge in [0.05, 0.1) is 13.2 Å². The minimum absolute atomic E-state index is 0.00208. The molecular weight excluding hydrogens is 231 g/mol. The summed E-state index contributed by atoms with van der Waals surface area (Å²) in [7, 11) is 0.942. The number of amides is 1. The van der Waals surface area contributed by atoms with Crippen molar-refractivity contribution in [2.75, 3.05) is 7.11 Å². The summed E-state index contributed by atoms with van der Waals surface area (Å²) in [6, 6.07) is -1.72. The number of carbonyl (C=O) groups excluding carboxylic acids is 2. The quantitative estimate of drug-likeness (QED) is 0.680. The molecule has 0 saturated carbocycles. The van der Waals surface area contributed by atoms with Crippen molar-refractivity contribution in [2.24, 2.45) is 0 Å². The van der Waals surface area contributed by atoms with Gasteiger partial charge in [-0.3, -0.25) is 4.79 Å². The zero-order chi connectivity index (χ0) is 12.9. The fourth-order valence-corrected chi connectivity index (χ4v) is 0.898. The lowest BCUT2D eigenvalue weighted by Gasteiger charge is -2.21. The van der Waals surface area contributed by atoms with E-state index in [0.29, 0.717) is 0 Å². The number of rotatable bonds is 4. The zero-order valence-electron chi connectivity index (χ0n) is 8.67. The van der Waals surface area contributed by atoms with E-state index in [-0.39, 0.29) is 6.42 Å². The van der Waals surface area contributed by atoms with Crippen LogP contribution in [0, 0.1) is 0 Å². The van der Waals surface area contributed by atoms with Crippen LogP contribution in [0.5, 0.6) is 0 Å². The van der Waals surface area contributed by atoms with Gasteiger partial charge in [-0.05, 0) is 6.42 Å². The maximum absolute atomic E-state index is 11.9. The van der Waals surface area contributed by atoms with Crippen LogP contribution >= 0.6 is 0 Å². The van der Waals surface area contributed by atoms with Gasteiger partial charge < -0.3 is 15.2 Å². The molecule has 0 saturated heterocycles. The number of hydrogen-bond donors (Lipinski definition) is 2. The van der Waals surface area contributed by atoms with Gasteiger partial charge >= 0.3 is 18.1 Å². The van der Waals surface area contributed by atoms with Crippen LogP contribution in [0.15, 0.2) is 0 Å². The number of nitrogens with one attached hydrogen (secondary N) is 1. The highest BCUT2D eigenvalue weighted by Crippen LogP contribution is 2.15. The SMILES string of the molecule is CCC(O)C(NC(=O)C(F)(F)F)C(=O)OC. The second kappa shape index (κ2) is 5.69. The summed E-state index contributed by atoms with van der Waals surface area (Å²) in [6.07, 6.45) is -6.55. The van der Waals surface area contributed by atoms with Gasteiger partial charge in [-0.1, -0.05) is 6.92 Å². The summed E-state index contributed by atoms with van der Waals surface area (Å²) in [5.41, 5.74) is 0. The molecule has 0 rings (SSSR count). The molecule has 94 valence electrons. The number of aliphatic hydroxyl groups excluding tert-OH is 1. The number of ether oxygens (including phenoxy) is 1. The average molecular weight is 243 g/mol. The predicted octanol–water partition coefficient (Wildman–Crippen LogP) is -0.0226. The van der Waals surface area contributed by atoms with E-state index in [1.807, 2.05) is 0 Å². The van der Waals surface area contributed by atoms with Gasteiger partial charge in [0, 0.05) is 0 Å². The third kappa shape index (κ3) is 4.05. The van der Waals surface area contributed by atoms with Crippen molar-refractivity contribution in [2.45, 2.75) is 31.7 Å². The number of esters is 1. The molecule has 0 aliphatic rings. The van der Waals surface area contributed by atoms with Crippen molar-refractivity contribution in [1.82, 2.24) is 5.32 Å². The van der Waals surface area contributed by atoms with Crippen molar-refractivity contribution in [3.63, 3.8) is 0 Å². The smallest absolute Gasteiger partial charge is 0.467 e. The standard InChI is InChI=1S/C8H12F3NO4/c1-3-4(13)5(6(14)16-2)12-7(15)8(9,10)11/h4-5,13H,3H2,1-2H3,(H,12,15). The molecule has 0 fully saturated rings. The highest BCUT2D eigenvalue weighted by atomic mass is 19.4. The number of alkyl halides is 3. The van der Waals surface area contributed by atoms with Gasteiger partial charge in [0.15, 0.2) is 6.04 Å². The lowest BCUT2D eigenvalue weighted by molar-refractivity contribution is -0.177. The number of aliphatic hydroxyl groups is 1. The van der Waals surface area contributed by atoms with E-state index in [4.69, 9.17) is 0 Å². The lowest BCUT2D eigenvalue weighted by atomic mass is 10.1. The average Bonchev–Trinajstić information content (AvgIpc) is 2.21. The molecule has 1 amide bonds. The Hall–Kier alpha value is -1.31. The van der Waals surface area contributed by atoms with Gasteiger partial charge in [0.25, 0.3) is 0 Å². The Kier molecular flexibility index (Phi) is 5.22. The Bertz CT molecular complexity index is 266. The number of methoxy groups -OCH3 is 1. The Morgan fingerprint density at radius 2 is 1.94 bits per heavy atom. The van der Waals surface area contributed by atoms with Gasteiger partial charge in [-0.2, -0.15) is 13.2 Å². The molecule has 8 heteroatoms. The Morgan fingerprint density at radius 1 is 1.44 bits per heavy atom. The van der Waals surface area contributed by atoms with Crippen molar-refractivity contribution < 1.29 is 32.6 Å². The second-order valence-electron chi connectivity index (χ2n) is 2.95. The van der Waals surface area contributed by atoms with Crippen LogP contribution in [-0.2, 0) is 14.3 Å². The molecule has 0 aromatic carbocycles. The van der Waals surface area contributed by atoms with E-state index in [9.17, 15) is 27.9 Å². The molecule has 0 heterocycles. The molecule has 0 aliphatic heterocycles. The van der Waals surface area contributed by atoms with Crippen LogP contribution in [0.1, 0.15) is 13.3 Å². The maximum Gasteiger partial charge on any atom is 0.471 e. The van der Waals surface area contributed by atoms with Crippen molar-refractivity contribution in [3.05, 3.63) is 0 Å². The van der Waals surface area contributed by atoms with Crippen molar-refractivity contribution in [3.8, 4) is 0 Å². The van der Waals surface area contributed by atoms with E-state index >= 15 is 0 Å². The molecule has 0 aromatic rings. The third-order valence-corrected chi connectivity index (χ3v) is 1.80. The van der Waals surface area contributed by atoms with Crippen LogP contribution in [0.25, 0.3) is 0 Å². The molecule has 0 aromatic heterocycles. The molecule has 0 bridgehead atoms. The highest BCUT2D eigenvalue weighted by molar-refractivity contribution is 5.87. The van der Waals surface area contributed by atoms with Crippen molar-refractivity contribution >= 4 is 11.9 Å². The van der Waals surface area contributed by atoms with Crippen molar-refractivity contribution in [1.29, 1.82) is 0 Å². The lowest BCUT2D eigenvalue weighted by Crippen LogP contribution is -2.52. The predicted molar refractivity (Wildman–Crippen MR) is 46.3 cm³/mol. The second-order valence-corrected chi connectivity index (χ2v) is 2.95. The van der Waals surface area contributed by atoms with Gasteiger partial charge in [-0.15, -0.1) is 0 Å². The minimum Gasteiger partial charge on any atom is -0.467 e. The molecule has 2 N–H and O–H groups in total. The van der Waals surface area contributed by atoms with Gasteiger partial charge in [0.1, 0.15) is 0 Å². The normalized spacial score (nSPS) is 15.1. The summed E-state index contributed by atoms with van der Waals surface area (Å²) in [4.78, 5) is 21.6. The Morgan fingerprint density at radius 3 is 2.25 bits per heavy atom. The van der Waals surface area contributed by atoms with Crippen LogP contribution in [0.4, 0.5) is 13.2 Å². The molecule has 0 spiro atoms. The topological polar surface area (TPSA) is 75.6 Å². The van der Waals surface area contributed by atoms with E-state index in [0.717, 1.165) is 7.11 Å². The van der Waals surface area contributed by atoms with E-state index in [2.05, 4.69) is 4.74 Å². The first-order valence-electron chi connectivity index (χ1n) is 4.37. The number of hydrogen-bond acceptors (Lipinski definition) is 4. The first-order valence-corrected chi connectivity index (χ1v) is 4.37. The monoisotopic (exact) mass is 243 g/mol. The summed E-state index contributed by atoms with van der Waals surface area (Å²) < 4.78 is 39.9. The summed E-state index contributed by atoms with van der Waals surface area (Å²) in [6.45, 7) is 1.44. The number of carbonyl (C=O) groups is 2. The molecule has 5 nitrogen and oxygen atoms in total. The molecule has 16 heavy (non-hydrogen) atoms. The van der Waals surface area contributed by atoms with Crippen LogP contribution < -0.4 is 5.32 Å². The molecular formula is C8H12F3NO4. The van der Waals surface area contributed by atoms with Crippen LogP contribution in [0.2, 0.25) is 0 Å². The Labute approximate surface area is 89.6 Å². The highest BCUT2D eigenvalue weighted by Gasteiger charge is 2.42. The maximum atomic E-state index is 11.9. The molecule has 0 aliphatic carbocycles. The fraction of sp³-hybridized carbons (Fsp3) is 0.750. The van der Waals surface area contributed by atoms with E-state index < -0.39 is 30.2 Å². The van der Waals surface area contributed by atoms with Crippen LogP contribution in [0.3, 0.4) is 0 Å². The number of halogens is 3. The summed E-state index contributed by atoms with van der Waals surface area (Å²) in [5.74, 6) is -3.43. The van der Waals surface area contributed by atoms with E-state index in [1.54, 1.807) is 0 Å². The summed E-state index contributed by atoms with van der Waals surface area (Å²) >= 11 is 0. The van der Waals surface area contributed by atoms with Crippen LogP contribution in [-0.4, -0.2) is 42.4 Å². The largest absolute Gasteiger partial charge is 0.471 e. The Balaban J connectivity index is 4.69. The fourth-order valence-electron chi connectivity index (χ4n) is 0.898. The third-order valence-electron chi connectivity index (χ3n) is 1.80.